The third kappa shape index (κ3) is 3.36. The van der Waals surface area contributed by atoms with Crippen LogP contribution in [0.2, 0.25) is 0 Å². The van der Waals surface area contributed by atoms with Crippen LogP contribution in [0.5, 0.6) is 0 Å². The van der Waals surface area contributed by atoms with Gasteiger partial charge in [-0.05, 0) is 32.8 Å². The molecule has 1 amide bonds. The number of nitrogens with zero attached hydrogens (tertiary/aromatic N) is 3. The fourth-order valence-corrected chi connectivity index (χ4v) is 2.35. The summed E-state index contributed by atoms with van der Waals surface area (Å²) in [5.41, 5.74) is 2.77. The van der Waals surface area contributed by atoms with Crippen LogP contribution in [0.1, 0.15) is 25.2 Å². The Bertz CT molecular complexity index is 715. The van der Waals surface area contributed by atoms with Crippen molar-refractivity contribution in [3.63, 3.8) is 0 Å². The van der Waals surface area contributed by atoms with Crippen molar-refractivity contribution in [2.45, 2.75) is 32.7 Å². The van der Waals surface area contributed by atoms with Crippen LogP contribution >= 0.6 is 0 Å². The lowest BCUT2D eigenvalue weighted by atomic mass is 9.95. The molecule has 1 aromatic heterocycles. The Balaban J connectivity index is 2.16. The number of rotatable bonds is 4. The van der Waals surface area contributed by atoms with Crippen molar-refractivity contribution in [1.29, 1.82) is 0 Å². The fraction of sp³-hybridized carbons (Fsp3) is 0.400. The molecule has 0 fully saturated rings. The van der Waals surface area contributed by atoms with Gasteiger partial charge < -0.3 is 10.7 Å². The Kier molecular flexibility index (Phi) is 4.35. The van der Waals surface area contributed by atoms with E-state index in [1.807, 2.05) is 44.2 Å². The molecule has 0 saturated carbocycles. The molecule has 2 aromatic rings. The van der Waals surface area contributed by atoms with Gasteiger partial charge in [0.05, 0.1) is 0 Å². The number of benzene rings is 1. The van der Waals surface area contributed by atoms with Gasteiger partial charge in [0.25, 0.3) is 0 Å². The number of carbonyl (C=O) groups is 1. The normalized spacial score (nSPS) is 11.3. The van der Waals surface area contributed by atoms with Crippen LogP contribution in [0.25, 0.3) is 0 Å². The molecule has 0 aliphatic rings. The summed E-state index contributed by atoms with van der Waals surface area (Å²) in [7, 11) is 1.59. The van der Waals surface area contributed by atoms with Gasteiger partial charge in [-0.3, -0.25) is 0 Å². The molecule has 2 N–H and O–H groups in total. The van der Waals surface area contributed by atoms with Crippen LogP contribution < -0.4 is 16.4 Å². The third-order valence-corrected chi connectivity index (χ3v) is 3.29. The summed E-state index contributed by atoms with van der Waals surface area (Å²) in [5.74, 6) is 0.420. The smallest absolute Gasteiger partial charge is 0.331 e. The topological polar surface area (TPSA) is 81.0 Å². The van der Waals surface area contributed by atoms with Crippen LogP contribution in [-0.2, 0) is 6.42 Å². The monoisotopic (exact) mass is 303 g/mol. The number of hydrogen-bond donors (Lipinski definition) is 2. The van der Waals surface area contributed by atoms with E-state index in [4.69, 9.17) is 0 Å². The van der Waals surface area contributed by atoms with E-state index in [1.54, 1.807) is 14.0 Å². The molecule has 0 bridgehead atoms. The van der Waals surface area contributed by atoms with Gasteiger partial charge >= 0.3 is 11.7 Å². The Morgan fingerprint density at radius 3 is 2.45 bits per heavy atom. The van der Waals surface area contributed by atoms with E-state index in [-0.39, 0.29) is 0 Å². The Morgan fingerprint density at radius 2 is 1.91 bits per heavy atom. The Morgan fingerprint density at radius 1 is 1.27 bits per heavy atom. The predicted octanol–water partition coefficient (Wildman–Crippen LogP) is 1.11. The Labute approximate surface area is 128 Å². The number of carbonyl (C=O) groups excluding carboxylic acids is 1. The van der Waals surface area contributed by atoms with Crippen LogP contribution in [0.4, 0.5) is 4.79 Å². The van der Waals surface area contributed by atoms with Gasteiger partial charge in [0.2, 0.25) is 0 Å². The highest BCUT2D eigenvalue weighted by Gasteiger charge is 2.24. The minimum absolute atomic E-state index is 0.420. The van der Waals surface area contributed by atoms with Crippen LogP contribution in [0.3, 0.4) is 0 Å². The highest BCUT2D eigenvalue weighted by atomic mass is 16.2. The van der Waals surface area contributed by atoms with E-state index in [2.05, 4.69) is 15.8 Å². The molecule has 0 unspecified atom stereocenters. The maximum atomic E-state index is 12.3. The highest BCUT2D eigenvalue weighted by Crippen LogP contribution is 2.12. The van der Waals surface area contributed by atoms with E-state index in [0.29, 0.717) is 12.2 Å². The third-order valence-electron chi connectivity index (χ3n) is 3.29. The molecule has 0 aliphatic carbocycles. The zero-order valence-corrected chi connectivity index (χ0v) is 13.3. The second kappa shape index (κ2) is 6.05. The first-order chi connectivity index (χ1) is 10.3. The van der Waals surface area contributed by atoms with Gasteiger partial charge in [0.15, 0.2) is 5.82 Å². The molecular formula is C15H21N5O2. The van der Waals surface area contributed by atoms with Gasteiger partial charge in [0.1, 0.15) is 0 Å². The molecule has 0 atom stereocenters. The Hall–Kier alpha value is -2.57. The second-order valence-electron chi connectivity index (χ2n) is 5.78. The van der Waals surface area contributed by atoms with E-state index in [1.165, 1.54) is 4.68 Å². The minimum Gasteiger partial charge on any atom is -0.331 e. The second-order valence-corrected chi connectivity index (χ2v) is 5.78. The molecule has 1 aromatic carbocycles. The molecule has 1 heterocycles. The first kappa shape index (κ1) is 15.8. The lowest BCUT2D eigenvalue weighted by Crippen LogP contribution is -2.49. The molecule has 22 heavy (non-hydrogen) atoms. The zero-order chi connectivity index (χ0) is 16.3. The quantitative estimate of drug-likeness (QED) is 0.886. The van der Waals surface area contributed by atoms with Crippen molar-refractivity contribution in [2.24, 2.45) is 0 Å². The number of hydrogen-bond acceptors (Lipinski definition) is 4. The predicted molar refractivity (Wildman–Crippen MR) is 84.7 cm³/mol. The van der Waals surface area contributed by atoms with E-state index in [9.17, 15) is 9.59 Å². The number of amides is 1. The summed E-state index contributed by atoms with van der Waals surface area (Å²) in [5, 5.41) is 6.81. The maximum Gasteiger partial charge on any atom is 0.373 e. The first-order valence-electron chi connectivity index (χ1n) is 7.07. The molecule has 0 radical (unpaired) electrons. The van der Waals surface area contributed by atoms with Crippen LogP contribution in [0, 0.1) is 6.92 Å². The fourth-order valence-electron chi connectivity index (χ4n) is 2.35. The summed E-state index contributed by atoms with van der Waals surface area (Å²) in [6.07, 6.45) is 0.653. The van der Waals surface area contributed by atoms with Crippen molar-refractivity contribution in [3.05, 3.63) is 52.2 Å². The van der Waals surface area contributed by atoms with Crippen molar-refractivity contribution in [2.75, 3.05) is 12.5 Å². The molecule has 0 spiro atoms. The molecule has 2 rings (SSSR count). The molecule has 7 heteroatoms. The van der Waals surface area contributed by atoms with Crippen molar-refractivity contribution >= 4 is 6.03 Å². The number of nitrogens with one attached hydrogen (secondary N) is 2. The molecule has 0 saturated heterocycles. The summed E-state index contributed by atoms with van der Waals surface area (Å²) < 4.78 is 2.04. The van der Waals surface area contributed by atoms with Crippen molar-refractivity contribution in [3.8, 4) is 0 Å². The van der Waals surface area contributed by atoms with Crippen molar-refractivity contribution in [1.82, 2.24) is 19.8 Å². The number of aryl methyl sites for hydroxylation is 1. The van der Waals surface area contributed by atoms with Gasteiger partial charge in [-0.1, -0.05) is 30.3 Å². The minimum atomic E-state index is -0.539. The summed E-state index contributed by atoms with van der Waals surface area (Å²) in [6.45, 7) is 5.46. The lowest BCUT2D eigenvalue weighted by molar-refractivity contribution is 0.227. The van der Waals surface area contributed by atoms with Gasteiger partial charge in [0, 0.05) is 12.6 Å². The van der Waals surface area contributed by atoms with Gasteiger partial charge in [-0.2, -0.15) is 4.68 Å². The molecule has 7 nitrogen and oxygen atoms in total. The summed E-state index contributed by atoms with van der Waals surface area (Å²) in [4.78, 5) is 24.3. The van der Waals surface area contributed by atoms with E-state index in [0.717, 1.165) is 10.2 Å². The highest BCUT2D eigenvalue weighted by molar-refractivity contribution is 5.76. The molecule has 0 aliphatic heterocycles. The van der Waals surface area contributed by atoms with E-state index < -0.39 is 17.3 Å². The van der Waals surface area contributed by atoms with Crippen LogP contribution in [-0.4, -0.2) is 33.1 Å². The average Bonchev–Trinajstić information content (AvgIpc) is 2.73. The van der Waals surface area contributed by atoms with Gasteiger partial charge in [-0.25, -0.2) is 9.59 Å². The average molecular weight is 303 g/mol. The number of aromatic nitrogens is 3. The summed E-state index contributed by atoms with van der Waals surface area (Å²) in [6, 6.07) is 9.32. The lowest BCUT2D eigenvalue weighted by Gasteiger charge is -2.25. The van der Waals surface area contributed by atoms with Gasteiger partial charge in [-0.15, -0.1) is 9.78 Å². The SMILES string of the molecule is CNn1c(C)nn(C(=O)NC(C)(C)Cc2ccccc2)c1=O. The molecular weight excluding hydrogens is 282 g/mol. The largest absolute Gasteiger partial charge is 0.373 e. The first-order valence-corrected chi connectivity index (χ1v) is 7.07. The standard InChI is InChI=1S/C15H21N5O2/c1-11-18-20(14(22)19(11)16-4)13(21)17-15(2,3)10-12-8-6-5-7-9-12/h5-9,16H,10H2,1-4H3,(H,17,21). The van der Waals surface area contributed by atoms with Crippen molar-refractivity contribution < 1.29 is 4.79 Å². The zero-order valence-electron chi connectivity index (χ0n) is 13.3. The van der Waals surface area contributed by atoms with Crippen LogP contribution in [0.15, 0.2) is 35.1 Å². The summed E-state index contributed by atoms with van der Waals surface area (Å²) >= 11 is 0. The molecule has 118 valence electrons. The van der Waals surface area contributed by atoms with E-state index >= 15 is 0 Å². The maximum absolute atomic E-state index is 12.3.